The third-order valence-corrected chi connectivity index (χ3v) is 3.94. The molecule has 102 valence electrons. The molecule has 0 saturated heterocycles. The van der Waals surface area contributed by atoms with Crippen LogP contribution < -0.4 is 0 Å². The molecule has 0 N–H and O–H groups in total. The largest absolute Gasteiger partial charge is 0.750 e. The summed E-state index contributed by atoms with van der Waals surface area (Å²) < 4.78 is 52.9. The standard InChI is InChI=1S/C7H15NO7S2/c1-6(15-16(10)11)4-8(2)17(12,13)5-7(9)14-3/h6H,4-5H2,1-3H3,(H,10,11)/p-1. The van der Waals surface area contributed by atoms with Crippen LogP contribution in [-0.4, -0.2) is 60.0 Å². The van der Waals surface area contributed by atoms with Crippen LogP contribution in [0.4, 0.5) is 0 Å². The zero-order valence-corrected chi connectivity index (χ0v) is 11.2. The van der Waals surface area contributed by atoms with Crippen molar-refractivity contribution < 1.29 is 30.9 Å². The van der Waals surface area contributed by atoms with Crippen molar-refractivity contribution >= 4 is 27.4 Å². The number of rotatable bonds is 7. The van der Waals surface area contributed by atoms with Crippen LogP contribution in [0.3, 0.4) is 0 Å². The van der Waals surface area contributed by atoms with E-state index in [-0.39, 0.29) is 6.54 Å². The SMILES string of the molecule is COC(=O)CS(=O)(=O)N(C)CC(C)OS(=O)[O-]. The van der Waals surface area contributed by atoms with Gasteiger partial charge in [0.2, 0.25) is 10.0 Å². The molecule has 0 spiro atoms. The Kier molecular flexibility index (Phi) is 6.78. The van der Waals surface area contributed by atoms with E-state index in [2.05, 4.69) is 8.92 Å². The van der Waals surface area contributed by atoms with Crippen LogP contribution in [0.1, 0.15) is 6.92 Å². The quantitative estimate of drug-likeness (QED) is 0.419. The average Bonchev–Trinajstić information content (AvgIpc) is 2.15. The summed E-state index contributed by atoms with van der Waals surface area (Å²) in [4.78, 5) is 10.8. The molecule has 2 atom stereocenters. The van der Waals surface area contributed by atoms with E-state index >= 15 is 0 Å². The van der Waals surface area contributed by atoms with E-state index in [1.165, 1.54) is 14.0 Å². The fourth-order valence-electron chi connectivity index (χ4n) is 0.958. The van der Waals surface area contributed by atoms with Gasteiger partial charge in [0.15, 0.2) is 5.75 Å². The summed E-state index contributed by atoms with van der Waals surface area (Å²) in [7, 11) is -1.54. The number of ether oxygens (including phenoxy) is 1. The lowest BCUT2D eigenvalue weighted by Crippen LogP contribution is -2.38. The first-order valence-electron chi connectivity index (χ1n) is 4.46. The van der Waals surface area contributed by atoms with Gasteiger partial charge in [0.25, 0.3) is 0 Å². The van der Waals surface area contributed by atoms with Crippen LogP contribution in [-0.2, 0) is 35.1 Å². The zero-order chi connectivity index (χ0) is 13.6. The van der Waals surface area contributed by atoms with E-state index in [1.54, 1.807) is 0 Å². The minimum atomic E-state index is -3.82. The van der Waals surface area contributed by atoms with E-state index in [9.17, 15) is 22.0 Å². The van der Waals surface area contributed by atoms with Crippen molar-refractivity contribution in [3.63, 3.8) is 0 Å². The van der Waals surface area contributed by atoms with Crippen molar-refractivity contribution in [2.75, 3.05) is 26.5 Å². The number of methoxy groups -OCH3 is 1. The molecule has 0 aliphatic rings. The normalized spacial score (nSPS) is 15.6. The predicted octanol–water partition coefficient (Wildman–Crippen LogP) is -1.38. The van der Waals surface area contributed by atoms with Crippen LogP contribution in [0.25, 0.3) is 0 Å². The van der Waals surface area contributed by atoms with Crippen molar-refractivity contribution in [2.45, 2.75) is 13.0 Å². The highest BCUT2D eigenvalue weighted by molar-refractivity contribution is 7.89. The maximum absolute atomic E-state index is 11.5. The maximum atomic E-state index is 11.5. The van der Waals surface area contributed by atoms with Gasteiger partial charge in [0.05, 0.1) is 24.6 Å². The Labute approximate surface area is 102 Å². The number of hydrogen-bond acceptors (Lipinski definition) is 7. The summed E-state index contributed by atoms with van der Waals surface area (Å²) >= 11 is -2.71. The third kappa shape index (κ3) is 6.68. The Morgan fingerprint density at radius 1 is 1.53 bits per heavy atom. The Bertz CT molecular complexity index is 380. The molecule has 0 amide bonds. The molecule has 17 heavy (non-hydrogen) atoms. The second-order valence-electron chi connectivity index (χ2n) is 3.22. The van der Waals surface area contributed by atoms with Gasteiger partial charge in [0, 0.05) is 13.6 Å². The topological polar surface area (TPSA) is 113 Å². The molecular weight excluding hydrogens is 274 g/mol. The first kappa shape index (κ1) is 16.4. The lowest BCUT2D eigenvalue weighted by Gasteiger charge is -2.21. The van der Waals surface area contributed by atoms with Crippen molar-refractivity contribution in [1.29, 1.82) is 0 Å². The van der Waals surface area contributed by atoms with E-state index in [0.717, 1.165) is 11.4 Å². The van der Waals surface area contributed by atoms with Gasteiger partial charge in [-0.25, -0.2) is 16.9 Å². The second-order valence-corrected chi connectivity index (χ2v) is 5.90. The molecule has 0 bridgehead atoms. The fourth-order valence-corrected chi connectivity index (χ4v) is 2.36. The van der Waals surface area contributed by atoms with Gasteiger partial charge in [-0.2, -0.15) is 0 Å². The minimum Gasteiger partial charge on any atom is -0.750 e. The van der Waals surface area contributed by atoms with Crippen LogP contribution in [0.15, 0.2) is 0 Å². The highest BCUT2D eigenvalue weighted by Gasteiger charge is 2.24. The van der Waals surface area contributed by atoms with Crippen LogP contribution in [0.5, 0.6) is 0 Å². The molecule has 0 rings (SSSR count). The van der Waals surface area contributed by atoms with Gasteiger partial charge in [-0.3, -0.25) is 8.98 Å². The summed E-state index contributed by atoms with van der Waals surface area (Å²) in [5.74, 6) is -1.69. The number of esters is 1. The predicted molar refractivity (Wildman–Crippen MR) is 57.9 cm³/mol. The molecule has 0 aromatic heterocycles. The van der Waals surface area contributed by atoms with E-state index in [0.29, 0.717) is 0 Å². The molecule has 0 aliphatic carbocycles. The second kappa shape index (κ2) is 7.01. The van der Waals surface area contributed by atoms with Crippen molar-refractivity contribution in [3.8, 4) is 0 Å². The number of likely N-dealkylation sites (N-methyl/N-ethyl adjacent to an activating group) is 1. The molecule has 0 radical (unpaired) electrons. The van der Waals surface area contributed by atoms with Crippen LogP contribution in [0.2, 0.25) is 0 Å². The zero-order valence-electron chi connectivity index (χ0n) is 9.61. The monoisotopic (exact) mass is 288 g/mol. The maximum Gasteiger partial charge on any atom is 0.322 e. The number of carbonyl (C=O) groups is 1. The van der Waals surface area contributed by atoms with Crippen molar-refractivity contribution in [1.82, 2.24) is 4.31 Å². The van der Waals surface area contributed by atoms with E-state index in [4.69, 9.17) is 0 Å². The molecule has 2 unspecified atom stereocenters. The Morgan fingerprint density at radius 2 is 2.06 bits per heavy atom. The molecule has 0 fully saturated rings. The molecule has 10 heteroatoms. The lowest BCUT2D eigenvalue weighted by molar-refractivity contribution is -0.137. The minimum absolute atomic E-state index is 0.187. The van der Waals surface area contributed by atoms with Crippen LogP contribution in [0, 0.1) is 0 Å². The Balaban J connectivity index is 4.43. The number of hydrogen-bond donors (Lipinski definition) is 0. The van der Waals surface area contributed by atoms with Gasteiger partial charge in [0.1, 0.15) is 0 Å². The van der Waals surface area contributed by atoms with Gasteiger partial charge in [-0.15, -0.1) is 0 Å². The summed E-state index contributed by atoms with van der Waals surface area (Å²) in [5.41, 5.74) is 0. The van der Waals surface area contributed by atoms with Crippen molar-refractivity contribution in [2.24, 2.45) is 0 Å². The molecule has 0 aromatic carbocycles. The van der Waals surface area contributed by atoms with E-state index < -0.39 is 39.2 Å². The first-order valence-corrected chi connectivity index (χ1v) is 7.07. The smallest absolute Gasteiger partial charge is 0.322 e. The van der Waals surface area contributed by atoms with Crippen molar-refractivity contribution in [3.05, 3.63) is 0 Å². The summed E-state index contributed by atoms with van der Waals surface area (Å²) in [6.07, 6.45) is -0.842. The Hall–Kier alpha value is -0.550. The fraction of sp³-hybridized carbons (Fsp3) is 0.857. The molecule has 0 saturated carbocycles. The summed E-state index contributed by atoms with van der Waals surface area (Å²) in [6.45, 7) is 1.20. The molecule has 0 aromatic rings. The average molecular weight is 288 g/mol. The highest BCUT2D eigenvalue weighted by Crippen LogP contribution is 2.03. The van der Waals surface area contributed by atoms with Crippen LogP contribution >= 0.6 is 0 Å². The highest BCUT2D eigenvalue weighted by atomic mass is 32.2. The summed E-state index contributed by atoms with van der Waals surface area (Å²) in [6, 6.07) is 0. The lowest BCUT2D eigenvalue weighted by atomic mass is 10.4. The molecule has 0 heterocycles. The van der Waals surface area contributed by atoms with Gasteiger partial charge in [-0.1, -0.05) is 0 Å². The van der Waals surface area contributed by atoms with Gasteiger partial charge >= 0.3 is 5.97 Å². The molecule has 8 nitrogen and oxygen atoms in total. The van der Waals surface area contributed by atoms with E-state index in [1.807, 2.05) is 0 Å². The number of carbonyl (C=O) groups excluding carboxylic acids is 1. The number of nitrogens with zero attached hydrogens (tertiary/aromatic N) is 1. The first-order chi connectivity index (χ1) is 7.69. The molecular formula is C7H14NO7S2-. The summed E-state index contributed by atoms with van der Waals surface area (Å²) in [5, 5.41) is 0. The Morgan fingerprint density at radius 3 is 2.47 bits per heavy atom. The third-order valence-electron chi connectivity index (χ3n) is 1.76. The number of sulfonamides is 1. The molecule has 0 aliphatic heterocycles. The van der Waals surface area contributed by atoms with Gasteiger partial charge in [-0.05, 0) is 6.92 Å². The van der Waals surface area contributed by atoms with Gasteiger partial charge < -0.3 is 9.29 Å².